The molecule has 0 unspecified atom stereocenters. The molecule has 4 fully saturated rings. The van der Waals surface area contributed by atoms with Crippen LogP contribution in [0.1, 0.15) is 6.42 Å². The fourth-order valence-corrected chi connectivity index (χ4v) is 5.74. The van der Waals surface area contributed by atoms with E-state index in [9.17, 15) is 35.7 Å². The van der Waals surface area contributed by atoms with Gasteiger partial charge in [0.2, 0.25) is 0 Å². The normalized spacial score (nSPS) is 53.8. The van der Waals surface area contributed by atoms with Crippen molar-refractivity contribution in [2.75, 3.05) is 19.7 Å². The highest BCUT2D eigenvalue weighted by molar-refractivity contribution is 5.02. The minimum atomic E-state index is -1.60. The summed E-state index contributed by atoms with van der Waals surface area (Å²) >= 11 is 0. The smallest absolute Gasteiger partial charge is 0.187 e. The van der Waals surface area contributed by atoms with Gasteiger partial charge in [0.25, 0.3) is 0 Å². The van der Waals surface area contributed by atoms with E-state index in [1.54, 1.807) is 0 Å². The zero-order chi connectivity index (χ0) is 31.0. The first-order chi connectivity index (χ1) is 19.8. The van der Waals surface area contributed by atoms with Crippen LogP contribution in [0.25, 0.3) is 0 Å². The molecule has 19 nitrogen and oxygen atoms in total. The Kier molecular flexibility index (Phi) is 11.5. The largest absolute Gasteiger partial charge is 0.394 e. The summed E-state index contributed by atoms with van der Waals surface area (Å²) in [6.45, 7) is -0.967. The quantitative estimate of drug-likeness (QED) is 0.115. The van der Waals surface area contributed by atoms with Crippen LogP contribution in [0.2, 0.25) is 0 Å². The topological polar surface area (TPSA) is 353 Å². The first-order valence-electron chi connectivity index (χ1n) is 13.9. The monoisotopic (exact) mass is 614 g/mol. The van der Waals surface area contributed by atoms with E-state index in [-0.39, 0.29) is 19.5 Å². The molecule has 246 valence electrons. The lowest BCUT2D eigenvalue weighted by molar-refractivity contribution is -0.306. The second-order valence-electron chi connectivity index (χ2n) is 11.2. The van der Waals surface area contributed by atoms with Crippen molar-refractivity contribution < 1.29 is 64.2 Å². The third-order valence-electron chi connectivity index (χ3n) is 8.37. The van der Waals surface area contributed by atoms with Gasteiger partial charge < -0.3 is 98.6 Å². The van der Waals surface area contributed by atoms with Crippen LogP contribution in [0, 0.1) is 0 Å². The summed E-state index contributed by atoms with van der Waals surface area (Å²) in [4.78, 5) is 0. The van der Waals surface area contributed by atoms with Crippen LogP contribution in [-0.2, 0) is 28.4 Å². The number of hydrogen-bond acceptors (Lipinski definition) is 19. The summed E-state index contributed by atoms with van der Waals surface area (Å²) in [5, 5.41) is 73.0. The molecule has 0 bridgehead atoms. The molecule has 0 spiro atoms. The van der Waals surface area contributed by atoms with Gasteiger partial charge in [0.1, 0.15) is 67.1 Å². The van der Waals surface area contributed by atoms with Crippen molar-refractivity contribution in [2.24, 2.45) is 34.4 Å². The molecule has 1 saturated carbocycles. The van der Waals surface area contributed by atoms with Gasteiger partial charge in [0.05, 0.1) is 24.8 Å². The van der Waals surface area contributed by atoms with E-state index >= 15 is 0 Å². The Morgan fingerprint density at radius 2 is 0.976 bits per heavy atom. The molecule has 0 aromatic heterocycles. The number of rotatable bonds is 9. The van der Waals surface area contributed by atoms with Gasteiger partial charge in [-0.05, 0) is 6.42 Å². The lowest BCUT2D eigenvalue weighted by Gasteiger charge is -2.47. The first-order valence-corrected chi connectivity index (χ1v) is 13.9. The van der Waals surface area contributed by atoms with Crippen LogP contribution < -0.4 is 34.4 Å². The third kappa shape index (κ3) is 6.60. The molecule has 0 radical (unpaired) electrons. The SMILES string of the molecule is NC[C@@H]1O[C@H](O[C@H]2[C@H](O[C@@H]3O[C@H](CO)[C@@H](O[C@H]4O[C@@H](CN)[C@@H](O)[C@@H](O)[C@H]4N)[C@H]3O)[C@@H](O)[C@@H](N)C[C@H]2N)[C@H](N)[C@H](O)[C@@H]1O. The number of hydrogen-bond donors (Lipinski definition) is 13. The molecule has 19 atom stereocenters. The Labute approximate surface area is 241 Å². The van der Waals surface area contributed by atoms with Crippen molar-refractivity contribution in [3.05, 3.63) is 0 Å². The van der Waals surface area contributed by atoms with E-state index in [1.807, 2.05) is 0 Å². The second-order valence-corrected chi connectivity index (χ2v) is 11.2. The van der Waals surface area contributed by atoms with Gasteiger partial charge in [0.15, 0.2) is 18.9 Å². The molecule has 19 N–H and O–H groups in total. The zero-order valence-corrected chi connectivity index (χ0v) is 22.8. The maximum Gasteiger partial charge on any atom is 0.187 e. The summed E-state index contributed by atoms with van der Waals surface area (Å²) in [6.07, 6.45) is -19.8. The number of ether oxygens (including phenoxy) is 6. The van der Waals surface area contributed by atoms with E-state index in [2.05, 4.69) is 0 Å². The number of aliphatic hydroxyl groups is 7. The van der Waals surface area contributed by atoms with Gasteiger partial charge in [0, 0.05) is 25.2 Å². The van der Waals surface area contributed by atoms with Crippen LogP contribution in [0.3, 0.4) is 0 Å². The van der Waals surface area contributed by atoms with Crippen LogP contribution in [0.15, 0.2) is 0 Å². The average molecular weight is 615 g/mol. The summed E-state index contributed by atoms with van der Waals surface area (Å²) in [5.41, 5.74) is 35.6. The van der Waals surface area contributed by atoms with Gasteiger partial charge in [-0.3, -0.25) is 0 Å². The van der Waals surface area contributed by atoms with Crippen molar-refractivity contribution in [1.29, 1.82) is 0 Å². The molecule has 1 aliphatic carbocycles. The first kappa shape index (κ1) is 34.1. The van der Waals surface area contributed by atoms with Gasteiger partial charge in [-0.1, -0.05) is 0 Å². The fourth-order valence-electron chi connectivity index (χ4n) is 5.74. The maximum atomic E-state index is 11.1. The molecule has 3 heterocycles. The predicted octanol–water partition coefficient (Wildman–Crippen LogP) is -8.90. The van der Waals surface area contributed by atoms with E-state index < -0.39 is 123 Å². The molecule has 0 aromatic rings. The highest BCUT2D eigenvalue weighted by Gasteiger charge is 2.54. The van der Waals surface area contributed by atoms with Gasteiger partial charge >= 0.3 is 0 Å². The Morgan fingerprint density at radius 1 is 0.524 bits per heavy atom. The fraction of sp³-hybridized carbons (Fsp3) is 1.00. The minimum absolute atomic E-state index is 0.0889. The summed E-state index contributed by atoms with van der Waals surface area (Å²) in [6, 6.07) is -4.18. The summed E-state index contributed by atoms with van der Waals surface area (Å²) in [5.74, 6) is 0. The van der Waals surface area contributed by atoms with Crippen molar-refractivity contribution in [3.63, 3.8) is 0 Å². The lowest BCUT2D eigenvalue weighted by atomic mass is 9.84. The van der Waals surface area contributed by atoms with Crippen molar-refractivity contribution >= 4 is 0 Å². The number of nitrogens with two attached hydrogens (primary N) is 6. The van der Waals surface area contributed by atoms with Gasteiger partial charge in [-0.15, -0.1) is 0 Å². The molecule has 4 aliphatic rings. The highest BCUT2D eigenvalue weighted by atomic mass is 16.8. The van der Waals surface area contributed by atoms with E-state index in [0.717, 1.165) is 0 Å². The molecule has 19 heteroatoms. The van der Waals surface area contributed by atoms with Crippen LogP contribution >= 0.6 is 0 Å². The Morgan fingerprint density at radius 3 is 1.45 bits per heavy atom. The van der Waals surface area contributed by atoms with Crippen LogP contribution in [-0.4, -0.2) is 172 Å². The molecule has 0 aromatic carbocycles. The van der Waals surface area contributed by atoms with Crippen LogP contribution in [0.4, 0.5) is 0 Å². The molecular formula is C23H46N6O13. The predicted molar refractivity (Wildman–Crippen MR) is 138 cm³/mol. The van der Waals surface area contributed by atoms with Gasteiger partial charge in [-0.2, -0.15) is 0 Å². The standard InChI is InChI=1S/C23H46N6O13/c24-2-7-13(32)15(34)10(28)21(37-7)40-18-6(27)1-5(26)12(31)20(18)42-23-17(36)19(9(4-30)39-23)41-22-11(29)16(35)14(33)8(3-25)38-22/h5-23,30-36H,1-4,24-29H2/t5-,6+,7-,8-,9+,10+,11+,12-,13+,14+,15-,16-,17+,18+,19+,20+,21+,22+,23-/m0/s1. The maximum absolute atomic E-state index is 11.1. The summed E-state index contributed by atoms with van der Waals surface area (Å²) < 4.78 is 34.6. The molecule has 4 rings (SSSR count). The molecular weight excluding hydrogens is 568 g/mol. The van der Waals surface area contributed by atoms with Crippen molar-refractivity contribution in [2.45, 2.75) is 123 Å². The zero-order valence-electron chi connectivity index (χ0n) is 22.8. The van der Waals surface area contributed by atoms with E-state index in [1.165, 1.54) is 0 Å². The minimum Gasteiger partial charge on any atom is -0.394 e. The van der Waals surface area contributed by atoms with Crippen molar-refractivity contribution in [1.82, 2.24) is 0 Å². The molecule has 0 amide bonds. The van der Waals surface area contributed by atoms with Gasteiger partial charge in [-0.25, -0.2) is 0 Å². The van der Waals surface area contributed by atoms with E-state index in [0.29, 0.717) is 0 Å². The molecule has 3 aliphatic heterocycles. The Bertz CT molecular complexity index is 868. The van der Waals surface area contributed by atoms with Crippen LogP contribution in [0.5, 0.6) is 0 Å². The Hall–Kier alpha value is -0.760. The second kappa shape index (κ2) is 14.1. The summed E-state index contributed by atoms with van der Waals surface area (Å²) in [7, 11) is 0. The van der Waals surface area contributed by atoms with Crippen molar-refractivity contribution in [3.8, 4) is 0 Å². The highest BCUT2D eigenvalue weighted by Crippen LogP contribution is 2.34. The Balaban J connectivity index is 1.50. The van der Waals surface area contributed by atoms with E-state index in [4.69, 9.17) is 62.8 Å². The lowest BCUT2D eigenvalue weighted by Crippen LogP contribution is -2.68. The third-order valence-corrected chi connectivity index (χ3v) is 8.37. The molecule has 3 saturated heterocycles. The average Bonchev–Trinajstić information content (AvgIpc) is 3.27. The number of aliphatic hydroxyl groups excluding tert-OH is 7. The molecule has 42 heavy (non-hydrogen) atoms.